The molecule has 0 aliphatic carbocycles. The van der Waals surface area contributed by atoms with E-state index in [0.29, 0.717) is 11.5 Å². The first-order valence-electron chi connectivity index (χ1n) is 5.07. The third-order valence-corrected chi connectivity index (χ3v) is 2.20. The van der Waals surface area contributed by atoms with E-state index < -0.39 is 6.36 Å². The van der Waals surface area contributed by atoms with Gasteiger partial charge in [-0.3, -0.25) is 0 Å². The summed E-state index contributed by atoms with van der Waals surface area (Å²) >= 11 is 5.67. The lowest BCUT2D eigenvalue weighted by molar-refractivity contribution is -0.274. The average molecular weight is 290 g/mol. The van der Waals surface area contributed by atoms with Gasteiger partial charge in [-0.25, -0.2) is 4.98 Å². The smallest absolute Gasteiger partial charge is 0.457 e. The van der Waals surface area contributed by atoms with Crippen LogP contribution in [0.4, 0.5) is 13.2 Å². The number of alkyl halides is 3. The van der Waals surface area contributed by atoms with Crippen LogP contribution in [0, 0.1) is 0 Å². The fourth-order valence-electron chi connectivity index (χ4n) is 1.29. The van der Waals surface area contributed by atoms with Crippen LogP contribution in [-0.4, -0.2) is 11.3 Å². The monoisotopic (exact) mass is 289 g/mol. The molecule has 0 spiro atoms. The highest BCUT2D eigenvalue weighted by atomic mass is 35.5. The molecule has 1 aromatic heterocycles. The first-order valence-corrected chi connectivity index (χ1v) is 5.45. The number of hydrogen-bond acceptors (Lipinski definition) is 3. The molecule has 3 nitrogen and oxygen atoms in total. The van der Waals surface area contributed by atoms with Gasteiger partial charge in [-0.2, -0.15) is 0 Å². The Morgan fingerprint density at radius 3 is 2.16 bits per heavy atom. The Bertz CT molecular complexity index is 558. The van der Waals surface area contributed by atoms with Crippen molar-refractivity contribution in [1.29, 1.82) is 0 Å². The van der Waals surface area contributed by atoms with Crippen molar-refractivity contribution >= 4 is 11.6 Å². The fraction of sp³-hybridized carbons (Fsp3) is 0.0833. The van der Waals surface area contributed by atoms with Crippen LogP contribution in [0.3, 0.4) is 0 Å². The van der Waals surface area contributed by atoms with Crippen molar-refractivity contribution in [3.8, 4) is 17.2 Å². The summed E-state index contributed by atoms with van der Waals surface area (Å²) < 4.78 is 45.0. The number of benzene rings is 1. The minimum Gasteiger partial charge on any atom is -0.457 e. The molecule has 19 heavy (non-hydrogen) atoms. The predicted molar refractivity (Wildman–Crippen MR) is 62.4 cm³/mol. The molecular formula is C12H7ClF3NO2. The standard InChI is InChI=1S/C12H7ClF3NO2/c13-11-7-10(5-6-17-11)18-8-1-3-9(4-2-8)19-12(14,15)16/h1-7H. The quantitative estimate of drug-likeness (QED) is 0.784. The molecule has 0 aliphatic rings. The molecule has 0 saturated carbocycles. The molecule has 2 aromatic rings. The zero-order valence-electron chi connectivity index (χ0n) is 9.32. The first kappa shape index (κ1) is 13.5. The van der Waals surface area contributed by atoms with Crippen LogP contribution in [-0.2, 0) is 0 Å². The highest BCUT2D eigenvalue weighted by Crippen LogP contribution is 2.27. The third kappa shape index (κ3) is 4.33. The van der Waals surface area contributed by atoms with Crippen LogP contribution in [0.5, 0.6) is 17.2 Å². The van der Waals surface area contributed by atoms with Crippen LogP contribution in [0.15, 0.2) is 42.6 Å². The van der Waals surface area contributed by atoms with Gasteiger partial charge in [0.15, 0.2) is 0 Å². The molecule has 0 bridgehead atoms. The summed E-state index contributed by atoms with van der Waals surface area (Å²) in [5, 5.41) is 0.259. The van der Waals surface area contributed by atoms with E-state index in [0.717, 1.165) is 12.1 Å². The summed E-state index contributed by atoms with van der Waals surface area (Å²) in [5.74, 6) is 0.480. The maximum absolute atomic E-state index is 12.0. The van der Waals surface area contributed by atoms with Gasteiger partial charge in [0.25, 0.3) is 0 Å². The Balaban J connectivity index is 2.07. The van der Waals surface area contributed by atoms with E-state index >= 15 is 0 Å². The number of ether oxygens (including phenoxy) is 2. The van der Waals surface area contributed by atoms with E-state index in [-0.39, 0.29) is 10.9 Å². The van der Waals surface area contributed by atoms with E-state index in [1.807, 2.05) is 0 Å². The Morgan fingerprint density at radius 1 is 0.947 bits per heavy atom. The molecule has 0 N–H and O–H groups in total. The second-order valence-electron chi connectivity index (χ2n) is 3.44. The molecule has 0 saturated heterocycles. The normalized spacial score (nSPS) is 11.2. The van der Waals surface area contributed by atoms with Crippen molar-refractivity contribution < 1.29 is 22.6 Å². The number of nitrogens with zero attached hydrogens (tertiary/aromatic N) is 1. The molecule has 0 fully saturated rings. The third-order valence-electron chi connectivity index (χ3n) is 1.99. The van der Waals surface area contributed by atoms with Gasteiger partial charge in [-0.05, 0) is 30.3 Å². The molecule has 0 atom stereocenters. The van der Waals surface area contributed by atoms with Crippen LogP contribution >= 0.6 is 11.6 Å². The second kappa shape index (κ2) is 5.36. The Hall–Kier alpha value is -1.95. The molecule has 0 radical (unpaired) electrons. The largest absolute Gasteiger partial charge is 0.573 e. The zero-order valence-corrected chi connectivity index (χ0v) is 10.1. The summed E-state index contributed by atoms with van der Waals surface area (Å²) in [6.45, 7) is 0. The molecule has 100 valence electrons. The summed E-state index contributed by atoms with van der Waals surface area (Å²) in [7, 11) is 0. The number of halogens is 4. The zero-order chi connectivity index (χ0) is 13.9. The summed E-state index contributed by atoms with van der Waals surface area (Å²) in [6.07, 6.45) is -3.25. The van der Waals surface area contributed by atoms with E-state index in [9.17, 15) is 13.2 Å². The number of aromatic nitrogens is 1. The first-order chi connectivity index (χ1) is 8.92. The van der Waals surface area contributed by atoms with Crippen molar-refractivity contribution in [3.63, 3.8) is 0 Å². The average Bonchev–Trinajstić information content (AvgIpc) is 2.30. The molecule has 2 rings (SSSR count). The molecule has 1 aromatic carbocycles. The maximum Gasteiger partial charge on any atom is 0.573 e. The van der Waals surface area contributed by atoms with Crippen molar-refractivity contribution in [2.24, 2.45) is 0 Å². The fourth-order valence-corrected chi connectivity index (χ4v) is 1.46. The molecule has 0 amide bonds. The van der Waals surface area contributed by atoms with Crippen LogP contribution < -0.4 is 9.47 Å². The lowest BCUT2D eigenvalue weighted by atomic mass is 10.3. The molecule has 7 heteroatoms. The van der Waals surface area contributed by atoms with E-state index in [1.165, 1.54) is 24.4 Å². The Kier molecular flexibility index (Phi) is 3.80. The van der Waals surface area contributed by atoms with Gasteiger partial charge in [-0.1, -0.05) is 11.6 Å². The van der Waals surface area contributed by atoms with Crippen molar-refractivity contribution in [3.05, 3.63) is 47.7 Å². The molecule has 0 aliphatic heterocycles. The van der Waals surface area contributed by atoms with Gasteiger partial charge < -0.3 is 9.47 Å². The number of hydrogen-bond donors (Lipinski definition) is 0. The topological polar surface area (TPSA) is 31.4 Å². The van der Waals surface area contributed by atoms with E-state index in [1.54, 1.807) is 6.07 Å². The molecular weight excluding hydrogens is 283 g/mol. The number of rotatable bonds is 3. The van der Waals surface area contributed by atoms with Crippen LogP contribution in [0.1, 0.15) is 0 Å². The van der Waals surface area contributed by atoms with E-state index in [4.69, 9.17) is 16.3 Å². The minimum absolute atomic E-state index is 0.259. The van der Waals surface area contributed by atoms with Gasteiger partial charge in [0.05, 0.1) is 0 Å². The van der Waals surface area contributed by atoms with Crippen molar-refractivity contribution in [2.45, 2.75) is 6.36 Å². The maximum atomic E-state index is 12.0. The molecule has 1 heterocycles. The van der Waals surface area contributed by atoms with Gasteiger partial charge >= 0.3 is 6.36 Å². The summed E-state index contributed by atoms with van der Waals surface area (Å²) in [4.78, 5) is 3.78. The van der Waals surface area contributed by atoms with Gasteiger partial charge in [-0.15, -0.1) is 13.2 Å². The Morgan fingerprint density at radius 2 is 1.58 bits per heavy atom. The van der Waals surface area contributed by atoms with Gasteiger partial charge in [0, 0.05) is 12.3 Å². The second-order valence-corrected chi connectivity index (χ2v) is 3.82. The summed E-state index contributed by atoms with van der Waals surface area (Å²) in [6, 6.07) is 8.09. The summed E-state index contributed by atoms with van der Waals surface area (Å²) in [5.41, 5.74) is 0. The van der Waals surface area contributed by atoms with Gasteiger partial charge in [0.2, 0.25) is 0 Å². The molecule has 0 unspecified atom stereocenters. The SMILES string of the molecule is FC(F)(F)Oc1ccc(Oc2ccnc(Cl)c2)cc1. The number of pyridine rings is 1. The lowest BCUT2D eigenvalue weighted by Crippen LogP contribution is -2.16. The van der Waals surface area contributed by atoms with Crippen LogP contribution in [0.2, 0.25) is 5.15 Å². The lowest BCUT2D eigenvalue weighted by Gasteiger charge is -2.10. The van der Waals surface area contributed by atoms with Gasteiger partial charge in [0.1, 0.15) is 22.4 Å². The van der Waals surface area contributed by atoms with Crippen molar-refractivity contribution in [2.75, 3.05) is 0 Å². The van der Waals surface area contributed by atoms with Crippen LogP contribution in [0.25, 0.3) is 0 Å². The Labute approximate surface area is 111 Å². The predicted octanol–water partition coefficient (Wildman–Crippen LogP) is 4.43. The van der Waals surface area contributed by atoms with Crippen molar-refractivity contribution in [1.82, 2.24) is 4.98 Å². The van der Waals surface area contributed by atoms with E-state index in [2.05, 4.69) is 9.72 Å². The highest BCUT2D eigenvalue weighted by molar-refractivity contribution is 6.29. The minimum atomic E-state index is -4.71. The highest BCUT2D eigenvalue weighted by Gasteiger charge is 2.30.